The van der Waals surface area contributed by atoms with E-state index in [0.717, 1.165) is 22.9 Å². The second-order valence-electron chi connectivity index (χ2n) is 6.69. The van der Waals surface area contributed by atoms with E-state index in [4.69, 9.17) is 28.2 Å². The molecule has 1 N–H and O–H groups in total. The number of para-hydroxylation sites is 1. The predicted octanol–water partition coefficient (Wildman–Crippen LogP) is 6.18. The maximum atomic E-state index is 13.0. The Morgan fingerprint density at radius 3 is 2.41 bits per heavy atom. The number of carbonyl (C=O) groups excluding carboxylic acids is 1. The van der Waals surface area contributed by atoms with Gasteiger partial charge in [-0.25, -0.2) is 4.98 Å². The van der Waals surface area contributed by atoms with Crippen LogP contribution in [0.5, 0.6) is 0 Å². The molecular formula is C24H18Cl2N2O. The number of amides is 1. The van der Waals surface area contributed by atoms with Crippen molar-refractivity contribution in [2.24, 2.45) is 0 Å². The Balaban J connectivity index is 1.65. The predicted molar refractivity (Wildman–Crippen MR) is 120 cm³/mol. The van der Waals surface area contributed by atoms with Crippen LogP contribution >= 0.6 is 23.2 Å². The van der Waals surface area contributed by atoms with Crippen LogP contribution < -0.4 is 5.32 Å². The van der Waals surface area contributed by atoms with Gasteiger partial charge in [-0.05, 0) is 36.2 Å². The molecule has 5 heteroatoms. The van der Waals surface area contributed by atoms with Crippen LogP contribution in [0.4, 0.5) is 0 Å². The van der Waals surface area contributed by atoms with E-state index in [0.29, 0.717) is 27.8 Å². The highest BCUT2D eigenvalue weighted by atomic mass is 35.5. The van der Waals surface area contributed by atoms with E-state index in [1.54, 1.807) is 18.2 Å². The van der Waals surface area contributed by atoms with Crippen molar-refractivity contribution in [3.63, 3.8) is 0 Å². The second kappa shape index (κ2) is 8.64. The molecule has 0 aliphatic carbocycles. The first-order chi connectivity index (χ1) is 14.1. The van der Waals surface area contributed by atoms with E-state index in [1.165, 1.54) is 5.56 Å². The molecule has 29 heavy (non-hydrogen) atoms. The average molecular weight is 421 g/mol. The monoisotopic (exact) mass is 420 g/mol. The smallest absolute Gasteiger partial charge is 0.252 e. The van der Waals surface area contributed by atoms with Crippen molar-refractivity contribution in [1.82, 2.24) is 10.3 Å². The van der Waals surface area contributed by atoms with Crippen molar-refractivity contribution < 1.29 is 4.79 Å². The summed E-state index contributed by atoms with van der Waals surface area (Å²) >= 11 is 12.2. The highest BCUT2D eigenvalue weighted by Crippen LogP contribution is 2.30. The lowest BCUT2D eigenvalue weighted by molar-refractivity contribution is 0.0956. The molecule has 3 aromatic carbocycles. The zero-order valence-electron chi connectivity index (χ0n) is 15.5. The van der Waals surface area contributed by atoms with Gasteiger partial charge in [0.05, 0.1) is 26.8 Å². The van der Waals surface area contributed by atoms with Crippen LogP contribution in [0.2, 0.25) is 10.0 Å². The topological polar surface area (TPSA) is 42.0 Å². The number of pyridine rings is 1. The van der Waals surface area contributed by atoms with Gasteiger partial charge in [-0.2, -0.15) is 0 Å². The Kier molecular flexibility index (Phi) is 5.79. The molecule has 0 aliphatic rings. The number of hydrogen-bond donors (Lipinski definition) is 1. The molecule has 1 heterocycles. The number of fused-ring (bicyclic) bond motifs is 1. The van der Waals surface area contributed by atoms with Crippen LogP contribution in [0.3, 0.4) is 0 Å². The first kappa shape index (κ1) is 19.4. The lowest BCUT2D eigenvalue weighted by atomic mass is 10.0. The minimum Gasteiger partial charge on any atom is -0.352 e. The molecule has 0 saturated heterocycles. The first-order valence-corrected chi connectivity index (χ1v) is 10.0. The fourth-order valence-electron chi connectivity index (χ4n) is 3.23. The summed E-state index contributed by atoms with van der Waals surface area (Å²) in [5.41, 5.74) is 4.01. The first-order valence-electron chi connectivity index (χ1n) is 9.29. The quantitative estimate of drug-likeness (QED) is 0.418. The Hall–Kier alpha value is -2.88. The third-order valence-electron chi connectivity index (χ3n) is 4.72. The van der Waals surface area contributed by atoms with Gasteiger partial charge in [0.25, 0.3) is 5.91 Å². The van der Waals surface area contributed by atoms with Crippen molar-refractivity contribution in [2.45, 2.75) is 6.42 Å². The highest BCUT2D eigenvalue weighted by Gasteiger charge is 2.14. The Morgan fingerprint density at radius 1 is 0.862 bits per heavy atom. The third-order valence-corrected chi connectivity index (χ3v) is 5.46. The lowest BCUT2D eigenvalue weighted by Gasteiger charge is -2.11. The molecule has 0 radical (unpaired) electrons. The molecule has 1 amide bonds. The number of carbonyl (C=O) groups is 1. The number of nitrogens with one attached hydrogen (secondary N) is 1. The normalized spacial score (nSPS) is 10.8. The molecule has 0 fully saturated rings. The highest BCUT2D eigenvalue weighted by molar-refractivity contribution is 6.42. The van der Waals surface area contributed by atoms with Crippen LogP contribution in [0.25, 0.3) is 22.2 Å². The molecule has 4 rings (SSSR count). The summed E-state index contributed by atoms with van der Waals surface area (Å²) in [5.74, 6) is -0.124. The van der Waals surface area contributed by atoms with E-state index in [2.05, 4.69) is 17.4 Å². The number of rotatable bonds is 5. The van der Waals surface area contributed by atoms with Crippen LogP contribution in [0, 0.1) is 0 Å². The van der Waals surface area contributed by atoms with Crippen LogP contribution in [0.15, 0.2) is 78.9 Å². The van der Waals surface area contributed by atoms with Crippen molar-refractivity contribution in [1.29, 1.82) is 0 Å². The SMILES string of the molecule is O=C(NCCc1ccccc1)c1cc(-c2ccc(Cl)c(Cl)c2)nc2ccccc12. The van der Waals surface area contributed by atoms with Gasteiger partial charge in [0.1, 0.15) is 0 Å². The van der Waals surface area contributed by atoms with E-state index in [9.17, 15) is 4.79 Å². The summed E-state index contributed by atoms with van der Waals surface area (Å²) in [4.78, 5) is 17.7. The minimum atomic E-state index is -0.124. The van der Waals surface area contributed by atoms with Crippen LogP contribution in [0.1, 0.15) is 15.9 Å². The van der Waals surface area contributed by atoms with Crippen molar-refractivity contribution in [3.05, 3.63) is 100 Å². The largest absolute Gasteiger partial charge is 0.352 e. The lowest BCUT2D eigenvalue weighted by Crippen LogP contribution is -2.26. The van der Waals surface area contributed by atoms with Gasteiger partial charge in [0.15, 0.2) is 0 Å². The Labute approximate surface area is 179 Å². The Morgan fingerprint density at radius 2 is 1.62 bits per heavy atom. The maximum Gasteiger partial charge on any atom is 0.252 e. The van der Waals surface area contributed by atoms with Crippen molar-refractivity contribution >= 4 is 40.0 Å². The summed E-state index contributed by atoms with van der Waals surface area (Å²) in [5, 5.41) is 4.77. The molecule has 0 bridgehead atoms. The molecule has 1 aromatic heterocycles. The zero-order chi connectivity index (χ0) is 20.2. The summed E-state index contributed by atoms with van der Waals surface area (Å²) in [6, 6.07) is 24.9. The molecule has 144 valence electrons. The number of hydrogen-bond acceptors (Lipinski definition) is 2. The summed E-state index contributed by atoms with van der Waals surface area (Å²) in [7, 11) is 0. The van der Waals surface area contributed by atoms with Crippen molar-refractivity contribution in [2.75, 3.05) is 6.54 Å². The fourth-order valence-corrected chi connectivity index (χ4v) is 3.52. The maximum absolute atomic E-state index is 13.0. The number of nitrogens with zero attached hydrogens (tertiary/aromatic N) is 1. The van der Waals surface area contributed by atoms with Crippen molar-refractivity contribution in [3.8, 4) is 11.3 Å². The molecular weight excluding hydrogens is 403 g/mol. The summed E-state index contributed by atoms with van der Waals surface area (Å²) < 4.78 is 0. The molecule has 4 aromatic rings. The minimum absolute atomic E-state index is 0.124. The second-order valence-corrected chi connectivity index (χ2v) is 7.51. The summed E-state index contributed by atoms with van der Waals surface area (Å²) in [6.45, 7) is 0.557. The standard InChI is InChI=1S/C24H18Cl2N2O/c25-20-11-10-17(14-21(20)26)23-15-19(18-8-4-5-9-22(18)28-23)24(29)27-13-12-16-6-2-1-3-7-16/h1-11,14-15H,12-13H2,(H,27,29). The molecule has 0 saturated carbocycles. The fraction of sp³-hybridized carbons (Fsp3) is 0.0833. The molecule has 0 unspecified atom stereocenters. The van der Waals surface area contributed by atoms with Crippen LogP contribution in [-0.4, -0.2) is 17.4 Å². The molecule has 3 nitrogen and oxygen atoms in total. The van der Waals surface area contributed by atoms with Gasteiger partial charge in [0, 0.05) is 17.5 Å². The summed E-state index contributed by atoms with van der Waals surface area (Å²) in [6.07, 6.45) is 0.773. The average Bonchev–Trinajstić information content (AvgIpc) is 2.75. The van der Waals surface area contributed by atoms with E-state index in [-0.39, 0.29) is 5.91 Å². The van der Waals surface area contributed by atoms with Gasteiger partial charge in [-0.15, -0.1) is 0 Å². The van der Waals surface area contributed by atoms with Gasteiger partial charge < -0.3 is 5.32 Å². The van der Waals surface area contributed by atoms with Gasteiger partial charge in [-0.1, -0.05) is 77.8 Å². The molecule has 0 spiro atoms. The van der Waals surface area contributed by atoms with Gasteiger partial charge in [0.2, 0.25) is 0 Å². The molecule has 0 aliphatic heterocycles. The van der Waals surface area contributed by atoms with E-state index < -0.39 is 0 Å². The van der Waals surface area contributed by atoms with E-state index >= 15 is 0 Å². The number of benzene rings is 3. The third kappa shape index (κ3) is 4.42. The Bertz CT molecular complexity index is 1180. The number of halogens is 2. The van der Waals surface area contributed by atoms with Gasteiger partial charge >= 0.3 is 0 Å². The van der Waals surface area contributed by atoms with Crippen LogP contribution in [-0.2, 0) is 6.42 Å². The van der Waals surface area contributed by atoms with Gasteiger partial charge in [-0.3, -0.25) is 4.79 Å². The number of aromatic nitrogens is 1. The van der Waals surface area contributed by atoms with E-state index in [1.807, 2.05) is 48.5 Å². The molecule has 0 atom stereocenters. The zero-order valence-corrected chi connectivity index (χ0v) is 17.0.